The van der Waals surface area contributed by atoms with Gasteiger partial charge in [-0.25, -0.2) is 4.79 Å². The maximum Gasteiger partial charge on any atom is 0.343 e. The Morgan fingerprint density at radius 3 is 2.12 bits per heavy atom. The maximum atomic E-state index is 12.1. The summed E-state index contributed by atoms with van der Waals surface area (Å²) < 4.78 is 15.7. The Bertz CT molecular complexity index is 677. The summed E-state index contributed by atoms with van der Waals surface area (Å²) in [5, 5.41) is 0. The molecule has 138 valence electrons. The van der Waals surface area contributed by atoms with Crippen molar-refractivity contribution in [3.8, 4) is 17.2 Å². The lowest BCUT2D eigenvalue weighted by Gasteiger charge is -2.08. The molecule has 0 atom stereocenters. The van der Waals surface area contributed by atoms with Crippen LogP contribution in [0.5, 0.6) is 17.2 Å². The van der Waals surface area contributed by atoms with Gasteiger partial charge in [0.25, 0.3) is 6.47 Å². The predicted octanol–water partition coefficient (Wildman–Crippen LogP) is 4.79. The van der Waals surface area contributed by atoms with Crippen LogP contribution in [0.1, 0.15) is 49.4 Å². The molecule has 0 N–H and O–H groups in total. The number of carbonyl (C=O) groups is 2. The first-order valence-corrected chi connectivity index (χ1v) is 8.88. The van der Waals surface area contributed by atoms with Gasteiger partial charge < -0.3 is 14.2 Å². The molecule has 2 aromatic rings. The molecule has 2 rings (SSSR count). The molecule has 0 saturated carbocycles. The summed E-state index contributed by atoms with van der Waals surface area (Å²) in [6.07, 6.45) is 5.97. The van der Waals surface area contributed by atoms with Crippen LogP contribution in [0.3, 0.4) is 0 Å². The second kappa shape index (κ2) is 10.9. The Hall–Kier alpha value is -2.82. The van der Waals surface area contributed by atoms with Gasteiger partial charge in [0.05, 0.1) is 12.2 Å². The van der Waals surface area contributed by atoms with Crippen molar-refractivity contribution >= 4 is 12.4 Å². The van der Waals surface area contributed by atoms with Crippen molar-refractivity contribution < 1.29 is 23.8 Å². The topological polar surface area (TPSA) is 61.8 Å². The first kappa shape index (κ1) is 19.5. The van der Waals surface area contributed by atoms with Crippen LogP contribution in [0.25, 0.3) is 0 Å². The minimum Gasteiger partial charge on any atom is -0.494 e. The van der Waals surface area contributed by atoms with E-state index in [9.17, 15) is 9.59 Å². The zero-order chi connectivity index (χ0) is 18.6. The van der Waals surface area contributed by atoms with Gasteiger partial charge in [0.1, 0.15) is 17.2 Å². The Balaban J connectivity index is 1.78. The average Bonchev–Trinajstić information content (AvgIpc) is 2.66. The minimum atomic E-state index is -0.479. The van der Waals surface area contributed by atoms with Crippen LogP contribution >= 0.6 is 0 Å². The van der Waals surface area contributed by atoms with Gasteiger partial charge in [-0.15, -0.1) is 0 Å². The highest BCUT2D eigenvalue weighted by Gasteiger charge is 2.09. The Morgan fingerprint density at radius 1 is 0.846 bits per heavy atom. The molecule has 26 heavy (non-hydrogen) atoms. The zero-order valence-electron chi connectivity index (χ0n) is 15.0. The maximum absolute atomic E-state index is 12.1. The van der Waals surface area contributed by atoms with Crippen molar-refractivity contribution in [2.45, 2.75) is 39.0 Å². The molecule has 0 amide bonds. The van der Waals surface area contributed by atoms with Crippen molar-refractivity contribution in [3.63, 3.8) is 0 Å². The van der Waals surface area contributed by atoms with Crippen LogP contribution < -0.4 is 14.2 Å². The highest BCUT2D eigenvalue weighted by atomic mass is 16.5. The molecule has 2 aromatic carbocycles. The molecule has 5 nitrogen and oxygen atoms in total. The second-order valence-electron chi connectivity index (χ2n) is 5.86. The van der Waals surface area contributed by atoms with E-state index in [1.165, 1.54) is 49.9 Å². The van der Waals surface area contributed by atoms with Gasteiger partial charge in [-0.1, -0.05) is 32.6 Å². The van der Waals surface area contributed by atoms with Gasteiger partial charge >= 0.3 is 5.97 Å². The first-order chi connectivity index (χ1) is 12.7. The van der Waals surface area contributed by atoms with Crippen molar-refractivity contribution in [2.24, 2.45) is 0 Å². The summed E-state index contributed by atoms with van der Waals surface area (Å²) in [5.74, 6) is 1.09. The average molecular weight is 356 g/mol. The largest absolute Gasteiger partial charge is 0.494 e. The Morgan fingerprint density at radius 2 is 1.46 bits per heavy atom. The Kier molecular flexibility index (Phi) is 8.19. The third-order valence-electron chi connectivity index (χ3n) is 3.83. The molecule has 0 fully saturated rings. The summed E-state index contributed by atoms with van der Waals surface area (Å²) >= 11 is 0. The molecule has 0 heterocycles. The van der Waals surface area contributed by atoms with E-state index in [1.54, 1.807) is 24.3 Å². The normalized spacial score (nSPS) is 10.2. The van der Waals surface area contributed by atoms with E-state index < -0.39 is 5.97 Å². The first-order valence-electron chi connectivity index (χ1n) is 8.88. The van der Waals surface area contributed by atoms with Crippen LogP contribution in [0.15, 0.2) is 48.5 Å². The van der Waals surface area contributed by atoms with Crippen LogP contribution in [0.4, 0.5) is 0 Å². The summed E-state index contributed by atoms with van der Waals surface area (Å²) in [6.45, 7) is 3.22. The van der Waals surface area contributed by atoms with Gasteiger partial charge in [0.15, 0.2) is 0 Å². The fourth-order valence-electron chi connectivity index (χ4n) is 2.39. The van der Waals surface area contributed by atoms with E-state index >= 15 is 0 Å². The predicted molar refractivity (Wildman–Crippen MR) is 98.8 cm³/mol. The number of rotatable bonds is 11. The Labute approximate surface area is 153 Å². The molecule has 0 bridgehead atoms. The van der Waals surface area contributed by atoms with E-state index in [2.05, 4.69) is 11.7 Å². The van der Waals surface area contributed by atoms with Gasteiger partial charge in [0, 0.05) is 0 Å². The monoisotopic (exact) mass is 356 g/mol. The lowest BCUT2D eigenvalue weighted by atomic mass is 10.2. The van der Waals surface area contributed by atoms with Crippen molar-refractivity contribution in [1.82, 2.24) is 0 Å². The standard InChI is InChI=1S/C21H24O5/c1-2-3-4-5-6-15-24-18-11-13-20(14-12-18)26-21(23)17-7-9-19(10-8-17)25-16-22/h7-14,16H,2-6,15H2,1H3. The van der Waals surface area contributed by atoms with Crippen LogP contribution in [-0.2, 0) is 4.79 Å². The summed E-state index contributed by atoms with van der Waals surface area (Å²) in [7, 11) is 0. The molecule has 0 saturated heterocycles. The fraction of sp³-hybridized carbons (Fsp3) is 0.333. The number of ether oxygens (including phenoxy) is 3. The van der Waals surface area contributed by atoms with Crippen LogP contribution in [0.2, 0.25) is 0 Å². The zero-order valence-corrected chi connectivity index (χ0v) is 15.0. The van der Waals surface area contributed by atoms with E-state index in [0.717, 1.165) is 12.2 Å². The van der Waals surface area contributed by atoms with Crippen molar-refractivity contribution in [3.05, 3.63) is 54.1 Å². The second-order valence-corrected chi connectivity index (χ2v) is 5.86. The molecule has 0 spiro atoms. The quantitative estimate of drug-likeness (QED) is 0.251. The van der Waals surface area contributed by atoms with E-state index in [4.69, 9.17) is 9.47 Å². The molecule has 0 unspecified atom stereocenters. The molecular weight excluding hydrogens is 332 g/mol. The van der Waals surface area contributed by atoms with E-state index in [0.29, 0.717) is 30.1 Å². The number of unbranched alkanes of at least 4 members (excludes halogenated alkanes) is 4. The molecule has 0 aliphatic heterocycles. The molecule has 5 heteroatoms. The van der Waals surface area contributed by atoms with Crippen LogP contribution in [-0.4, -0.2) is 19.0 Å². The van der Waals surface area contributed by atoms with E-state index in [1.807, 2.05) is 0 Å². The van der Waals surface area contributed by atoms with Gasteiger partial charge in [-0.05, 0) is 55.0 Å². The fourth-order valence-corrected chi connectivity index (χ4v) is 2.39. The number of hydrogen-bond donors (Lipinski definition) is 0. The molecular formula is C21H24O5. The third-order valence-corrected chi connectivity index (χ3v) is 3.83. The summed E-state index contributed by atoms with van der Waals surface area (Å²) in [6, 6.07) is 13.1. The van der Waals surface area contributed by atoms with Crippen molar-refractivity contribution in [2.75, 3.05) is 6.61 Å². The smallest absolute Gasteiger partial charge is 0.343 e. The lowest BCUT2D eigenvalue weighted by Crippen LogP contribution is -2.08. The van der Waals surface area contributed by atoms with Gasteiger partial charge in [-0.3, -0.25) is 4.79 Å². The minimum absolute atomic E-state index is 0.335. The SMILES string of the molecule is CCCCCCCOc1ccc(OC(=O)c2ccc(OC=O)cc2)cc1. The number of hydrogen-bond acceptors (Lipinski definition) is 5. The highest BCUT2D eigenvalue weighted by Crippen LogP contribution is 2.20. The summed E-state index contributed by atoms with van der Waals surface area (Å²) in [4.78, 5) is 22.4. The lowest BCUT2D eigenvalue weighted by molar-refractivity contribution is -0.120. The number of carbonyl (C=O) groups excluding carboxylic acids is 2. The van der Waals surface area contributed by atoms with Crippen molar-refractivity contribution in [1.29, 1.82) is 0 Å². The highest BCUT2D eigenvalue weighted by molar-refractivity contribution is 5.91. The molecule has 0 radical (unpaired) electrons. The van der Waals surface area contributed by atoms with Gasteiger partial charge in [0.2, 0.25) is 0 Å². The number of benzene rings is 2. The third kappa shape index (κ3) is 6.59. The van der Waals surface area contributed by atoms with Gasteiger partial charge in [-0.2, -0.15) is 0 Å². The van der Waals surface area contributed by atoms with Crippen LogP contribution in [0, 0.1) is 0 Å². The number of esters is 1. The molecule has 0 aliphatic carbocycles. The molecule has 0 aromatic heterocycles. The summed E-state index contributed by atoms with van der Waals surface area (Å²) in [5.41, 5.74) is 0.371. The van der Waals surface area contributed by atoms with E-state index in [-0.39, 0.29) is 0 Å². The molecule has 0 aliphatic rings.